The lowest BCUT2D eigenvalue weighted by Gasteiger charge is -2.16. The number of rotatable bonds is 9. The number of fused-ring (bicyclic) bond motifs is 1. The van der Waals surface area contributed by atoms with Gasteiger partial charge in [-0.25, -0.2) is 36.2 Å². The Morgan fingerprint density at radius 2 is 1.32 bits per heavy atom. The molecule has 270 valence electrons. The Balaban J connectivity index is 0.000000259. The van der Waals surface area contributed by atoms with E-state index in [1.807, 2.05) is 39.0 Å². The van der Waals surface area contributed by atoms with E-state index in [1.54, 1.807) is 32.0 Å². The van der Waals surface area contributed by atoms with Crippen LogP contribution in [-0.2, 0) is 20.0 Å². The predicted molar refractivity (Wildman–Crippen MR) is 195 cm³/mol. The Kier molecular flexibility index (Phi) is 13.0. The SMILES string of the molecule is CC.CC(C)S(=O)(=O)n1c(N)nc2ccc(C(O)c3cccc(F)c3)nc21.Cc1cccc(C(O)c2ccc(N)c(NS(=O)(=O)C(C)C)n2)c1. The molecule has 3 aromatic heterocycles. The van der Waals surface area contributed by atoms with Crippen LogP contribution < -0.4 is 16.2 Å². The van der Waals surface area contributed by atoms with Gasteiger partial charge in [0.2, 0.25) is 26.0 Å². The molecule has 2 aromatic carbocycles. The summed E-state index contributed by atoms with van der Waals surface area (Å²) in [6.45, 7) is 12.1. The van der Waals surface area contributed by atoms with Crippen molar-refractivity contribution in [1.82, 2.24) is 18.9 Å². The van der Waals surface area contributed by atoms with E-state index in [1.165, 1.54) is 50.2 Å². The summed E-state index contributed by atoms with van der Waals surface area (Å²) in [5.41, 5.74) is 14.5. The Morgan fingerprint density at radius 1 is 0.760 bits per heavy atom. The number of hydrogen-bond donors (Lipinski definition) is 5. The van der Waals surface area contributed by atoms with Gasteiger partial charge in [-0.1, -0.05) is 55.8 Å². The van der Waals surface area contributed by atoms with E-state index in [0.717, 1.165) is 9.54 Å². The highest BCUT2D eigenvalue weighted by atomic mass is 32.2. The molecule has 0 aliphatic carbocycles. The van der Waals surface area contributed by atoms with Crippen molar-refractivity contribution in [3.8, 4) is 0 Å². The molecule has 0 amide bonds. The van der Waals surface area contributed by atoms with Crippen molar-refractivity contribution in [2.24, 2.45) is 0 Å². The molecule has 7 N–H and O–H groups in total. The van der Waals surface area contributed by atoms with Crippen molar-refractivity contribution >= 4 is 48.7 Å². The highest BCUT2D eigenvalue weighted by Crippen LogP contribution is 2.27. The molecule has 0 aliphatic heterocycles. The van der Waals surface area contributed by atoms with Crippen LogP contribution in [0.3, 0.4) is 0 Å². The summed E-state index contributed by atoms with van der Waals surface area (Å²) >= 11 is 0. The molecule has 2 unspecified atom stereocenters. The van der Waals surface area contributed by atoms with Crippen molar-refractivity contribution in [2.75, 3.05) is 16.2 Å². The Hall–Kier alpha value is -4.64. The molecule has 5 rings (SSSR count). The number of nitrogens with one attached hydrogen (secondary N) is 1. The molecule has 3 heterocycles. The van der Waals surface area contributed by atoms with Crippen LogP contribution in [0.5, 0.6) is 0 Å². The van der Waals surface area contributed by atoms with Gasteiger partial charge in [-0.3, -0.25) is 4.72 Å². The number of benzene rings is 2. The molecule has 13 nitrogen and oxygen atoms in total. The first-order valence-corrected chi connectivity index (χ1v) is 18.8. The number of aliphatic hydroxyl groups excluding tert-OH is 2. The number of hydrogen-bond acceptors (Lipinski definition) is 11. The number of aromatic nitrogens is 4. The molecule has 16 heteroatoms. The number of aryl methyl sites for hydroxylation is 1. The Morgan fingerprint density at radius 3 is 1.88 bits per heavy atom. The van der Waals surface area contributed by atoms with Crippen LogP contribution in [0.2, 0.25) is 0 Å². The highest BCUT2D eigenvalue weighted by molar-refractivity contribution is 7.93. The topological polar surface area (TPSA) is 216 Å². The third-order valence-electron chi connectivity index (χ3n) is 7.25. The quantitative estimate of drug-likeness (QED) is 0.135. The highest BCUT2D eigenvalue weighted by Gasteiger charge is 2.26. The minimum absolute atomic E-state index is 0.0270. The second-order valence-corrected chi connectivity index (χ2v) is 16.1. The first-order valence-electron chi connectivity index (χ1n) is 15.8. The molecule has 5 aromatic rings. The van der Waals surface area contributed by atoms with Crippen LogP contribution in [0.15, 0.2) is 72.8 Å². The molecule has 0 radical (unpaired) electrons. The monoisotopic (exact) mass is 729 g/mol. The van der Waals surface area contributed by atoms with Gasteiger partial charge in [0.25, 0.3) is 0 Å². The number of nitrogens with two attached hydrogens (primary N) is 2. The number of aliphatic hydroxyl groups is 2. The number of halogens is 1. The lowest BCUT2D eigenvalue weighted by Crippen LogP contribution is -2.24. The van der Waals surface area contributed by atoms with Gasteiger partial charge in [0.1, 0.15) is 23.5 Å². The molecule has 0 fully saturated rings. The molecule has 50 heavy (non-hydrogen) atoms. The summed E-state index contributed by atoms with van der Waals surface area (Å²) in [7, 11) is -7.34. The van der Waals surface area contributed by atoms with Crippen LogP contribution in [0.25, 0.3) is 11.2 Å². The maximum Gasteiger partial charge on any atom is 0.245 e. The standard InChI is InChI=1S/C16H17FN4O3S.C16H21N3O3S.C2H6/c1-9(2)25(23,24)21-15-13(20-16(21)18)7-6-12(19-15)14(22)10-4-3-5-11(17)8-10;1-10(2)23(21,22)19-16-13(17)7-8-14(18-16)15(20)12-6-4-5-11(3)9-12;1-2/h3-9,14,22H,1-2H3,(H2,18,20);4-10,15,20H,17H2,1-3H3,(H,18,19);1-2H3. The smallest absolute Gasteiger partial charge is 0.245 e. The summed E-state index contributed by atoms with van der Waals surface area (Å²) < 4.78 is 65.6. The molecule has 0 spiro atoms. The normalized spacial score (nSPS) is 12.9. The largest absolute Gasteiger partial charge is 0.396 e. The average Bonchev–Trinajstić information content (AvgIpc) is 3.41. The third kappa shape index (κ3) is 9.12. The van der Waals surface area contributed by atoms with Crippen molar-refractivity contribution in [1.29, 1.82) is 0 Å². The number of pyridine rings is 2. The first kappa shape index (κ1) is 39.8. The van der Waals surface area contributed by atoms with Gasteiger partial charge in [-0.2, -0.15) is 3.97 Å². The van der Waals surface area contributed by atoms with Crippen molar-refractivity contribution in [3.63, 3.8) is 0 Å². The summed E-state index contributed by atoms with van der Waals surface area (Å²) in [5.74, 6) is -0.661. The van der Waals surface area contributed by atoms with Crippen molar-refractivity contribution < 1.29 is 31.4 Å². The summed E-state index contributed by atoms with van der Waals surface area (Å²) in [5, 5.41) is 19.6. The minimum atomic E-state index is -3.78. The van der Waals surface area contributed by atoms with E-state index in [0.29, 0.717) is 16.8 Å². The van der Waals surface area contributed by atoms with Gasteiger partial charge in [0.15, 0.2) is 11.5 Å². The van der Waals surface area contributed by atoms with Gasteiger partial charge < -0.3 is 21.7 Å². The van der Waals surface area contributed by atoms with Crippen LogP contribution in [0, 0.1) is 12.7 Å². The average molecular weight is 730 g/mol. The van der Waals surface area contributed by atoms with E-state index >= 15 is 0 Å². The van der Waals surface area contributed by atoms with Crippen LogP contribution >= 0.6 is 0 Å². The first-order chi connectivity index (χ1) is 23.4. The van der Waals surface area contributed by atoms with Crippen LogP contribution in [0.1, 0.15) is 81.8 Å². The zero-order chi connectivity index (χ0) is 37.6. The van der Waals surface area contributed by atoms with Gasteiger partial charge in [0.05, 0.1) is 27.6 Å². The maximum absolute atomic E-state index is 13.4. The second-order valence-electron chi connectivity index (χ2n) is 11.6. The van der Waals surface area contributed by atoms with Crippen LogP contribution in [0.4, 0.5) is 21.8 Å². The maximum atomic E-state index is 13.4. The molecular weight excluding hydrogens is 686 g/mol. The van der Waals surface area contributed by atoms with E-state index < -0.39 is 48.6 Å². The summed E-state index contributed by atoms with van der Waals surface area (Å²) in [6, 6.07) is 19.0. The predicted octanol–water partition coefficient (Wildman–Crippen LogP) is 5.05. The van der Waals surface area contributed by atoms with E-state index in [2.05, 4.69) is 19.7 Å². The molecular formula is C34H44FN7O6S2. The number of anilines is 3. The number of nitrogens with zero attached hydrogens (tertiary/aromatic N) is 4. The third-order valence-corrected chi connectivity index (χ3v) is 11.0. The second kappa shape index (κ2) is 16.4. The number of imidazole rings is 1. The summed E-state index contributed by atoms with van der Waals surface area (Å²) in [4.78, 5) is 12.4. The molecule has 0 bridgehead atoms. The fraction of sp³-hybridized carbons (Fsp3) is 0.324. The lowest BCUT2D eigenvalue weighted by molar-refractivity contribution is 0.215. The lowest BCUT2D eigenvalue weighted by atomic mass is 10.0. The van der Waals surface area contributed by atoms with E-state index in [9.17, 15) is 31.4 Å². The Labute approximate surface area is 292 Å². The van der Waals surface area contributed by atoms with Gasteiger partial charge in [-0.15, -0.1) is 0 Å². The van der Waals surface area contributed by atoms with E-state index in [-0.39, 0.29) is 34.3 Å². The van der Waals surface area contributed by atoms with Crippen molar-refractivity contribution in [2.45, 2.75) is 71.2 Å². The number of sulfonamides is 1. The van der Waals surface area contributed by atoms with Gasteiger partial charge in [-0.05, 0) is 82.1 Å². The van der Waals surface area contributed by atoms with Crippen LogP contribution in [-0.4, -0.2) is 56.5 Å². The minimum Gasteiger partial charge on any atom is -0.396 e. The van der Waals surface area contributed by atoms with E-state index in [4.69, 9.17) is 11.5 Å². The van der Waals surface area contributed by atoms with Gasteiger partial charge >= 0.3 is 0 Å². The van der Waals surface area contributed by atoms with Crippen molar-refractivity contribution in [3.05, 3.63) is 107 Å². The number of nitrogen functional groups attached to an aromatic ring is 2. The fourth-order valence-electron chi connectivity index (χ4n) is 4.41. The molecule has 0 saturated heterocycles. The zero-order valence-electron chi connectivity index (χ0n) is 28.9. The Bertz CT molecular complexity index is 2160. The molecule has 0 saturated carbocycles. The molecule has 0 aliphatic rings. The molecule has 2 atom stereocenters. The summed E-state index contributed by atoms with van der Waals surface area (Å²) in [6.07, 6.45) is -2.18. The zero-order valence-corrected chi connectivity index (χ0v) is 30.5. The fourth-order valence-corrected chi connectivity index (χ4v) is 6.18. The van der Waals surface area contributed by atoms with Gasteiger partial charge in [0, 0.05) is 0 Å².